The molecule has 31 heavy (non-hydrogen) atoms. The number of nitrogens with one attached hydrogen (secondary N) is 1. The smallest absolute Gasteiger partial charge is 0.410 e. The highest BCUT2D eigenvalue weighted by Crippen LogP contribution is 2.20. The van der Waals surface area contributed by atoms with Crippen LogP contribution in [-0.4, -0.2) is 89.9 Å². The Bertz CT molecular complexity index is 699. The van der Waals surface area contributed by atoms with E-state index in [1.54, 1.807) is 6.26 Å². The standard InChI is InChI=1S/C22H38N6O3/c1-5-23-20(27-13-11-26(12-14-27)17-19-8-15-30-25-19)24-16-18-6-9-28(10-7-18)21(29)31-22(2,3)4/h8,15,18H,5-7,9-14,16-17H2,1-4H3,(H,23,24). The van der Waals surface area contributed by atoms with Gasteiger partial charge >= 0.3 is 6.09 Å². The Balaban J connectivity index is 1.44. The molecule has 2 saturated heterocycles. The molecule has 174 valence electrons. The van der Waals surface area contributed by atoms with Crippen LogP contribution in [0.2, 0.25) is 0 Å². The molecule has 1 amide bonds. The van der Waals surface area contributed by atoms with Gasteiger partial charge < -0.3 is 24.4 Å². The van der Waals surface area contributed by atoms with Crippen LogP contribution in [0.25, 0.3) is 0 Å². The third-order valence-electron chi connectivity index (χ3n) is 5.65. The minimum atomic E-state index is -0.446. The van der Waals surface area contributed by atoms with E-state index in [4.69, 9.17) is 14.3 Å². The van der Waals surface area contributed by atoms with Crippen molar-refractivity contribution in [3.05, 3.63) is 18.0 Å². The maximum atomic E-state index is 12.3. The first-order valence-corrected chi connectivity index (χ1v) is 11.5. The van der Waals surface area contributed by atoms with Gasteiger partial charge in [-0.05, 0) is 46.5 Å². The Kier molecular flexibility index (Phi) is 8.17. The molecule has 0 spiro atoms. The fourth-order valence-corrected chi connectivity index (χ4v) is 3.93. The summed E-state index contributed by atoms with van der Waals surface area (Å²) in [6.07, 6.45) is 3.35. The van der Waals surface area contributed by atoms with Gasteiger partial charge in [-0.25, -0.2) is 4.79 Å². The summed E-state index contributed by atoms with van der Waals surface area (Å²) in [5.74, 6) is 1.50. The number of piperazine rings is 1. The molecule has 2 fully saturated rings. The lowest BCUT2D eigenvalue weighted by atomic mass is 9.97. The maximum absolute atomic E-state index is 12.3. The number of piperidine rings is 1. The quantitative estimate of drug-likeness (QED) is 0.562. The largest absolute Gasteiger partial charge is 0.444 e. The fraction of sp³-hybridized carbons (Fsp3) is 0.773. The van der Waals surface area contributed by atoms with Crippen molar-refractivity contribution in [2.45, 2.75) is 52.7 Å². The highest BCUT2D eigenvalue weighted by Gasteiger charge is 2.27. The van der Waals surface area contributed by atoms with Crippen molar-refractivity contribution in [1.29, 1.82) is 0 Å². The van der Waals surface area contributed by atoms with Crippen LogP contribution in [0.5, 0.6) is 0 Å². The molecule has 9 heteroatoms. The summed E-state index contributed by atoms with van der Waals surface area (Å²) in [4.78, 5) is 23.8. The number of carbonyl (C=O) groups excluding carboxylic acids is 1. The maximum Gasteiger partial charge on any atom is 0.410 e. The minimum absolute atomic E-state index is 0.203. The number of aliphatic imine (C=N–C) groups is 1. The van der Waals surface area contributed by atoms with Crippen molar-refractivity contribution in [2.75, 3.05) is 52.4 Å². The van der Waals surface area contributed by atoms with Crippen molar-refractivity contribution in [2.24, 2.45) is 10.9 Å². The van der Waals surface area contributed by atoms with E-state index in [0.29, 0.717) is 5.92 Å². The van der Waals surface area contributed by atoms with Gasteiger partial charge in [0.25, 0.3) is 0 Å². The molecule has 0 aliphatic carbocycles. The molecular weight excluding hydrogens is 396 g/mol. The fourth-order valence-electron chi connectivity index (χ4n) is 3.93. The van der Waals surface area contributed by atoms with E-state index >= 15 is 0 Å². The first-order chi connectivity index (χ1) is 14.8. The molecule has 0 atom stereocenters. The second kappa shape index (κ2) is 10.8. The van der Waals surface area contributed by atoms with E-state index in [2.05, 4.69) is 27.2 Å². The predicted octanol–water partition coefficient (Wildman–Crippen LogP) is 2.40. The van der Waals surface area contributed by atoms with Crippen LogP contribution < -0.4 is 5.32 Å². The summed E-state index contributed by atoms with van der Waals surface area (Å²) in [7, 11) is 0. The van der Waals surface area contributed by atoms with Crippen LogP contribution >= 0.6 is 0 Å². The number of guanidine groups is 1. The Hall–Kier alpha value is -2.29. The molecule has 3 heterocycles. The zero-order valence-electron chi connectivity index (χ0n) is 19.5. The average molecular weight is 435 g/mol. The van der Waals surface area contributed by atoms with E-state index in [1.165, 1.54) is 0 Å². The molecule has 1 N–H and O–H groups in total. The zero-order chi connectivity index (χ0) is 22.3. The van der Waals surface area contributed by atoms with E-state index < -0.39 is 5.60 Å². The normalized spacial score (nSPS) is 19.5. The van der Waals surface area contributed by atoms with Crippen LogP contribution in [-0.2, 0) is 11.3 Å². The number of carbonyl (C=O) groups is 1. The van der Waals surface area contributed by atoms with Gasteiger partial charge in [-0.3, -0.25) is 9.89 Å². The molecule has 0 saturated carbocycles. The number of ether oxygens (including phenoxy) is 1. The van der Waals surface area contributed by atoms with Gasteiger partial charge in [0.05, 0.1) is 5.69 Å². The molecule has 9 nitrogen and oxygen atoms in total. The summed E-state index contributed by atoms with van der Waals surface area (Å²) in [6, 6.07) is 1.92. The van der Waals surface area contributed by atoms with Gasteiger partial charge in [-0.15, -0.1) is 0 Å². The van der Waals surface area contributed by atoms with Gasteiger partial charge in [-0.2, -0.15) is 0 Å². The Morgan fingerprint density at radius 3 is 2.48 bits per heavy atom. The average Bonchev–Trinajstić information content (AvgIpc) is 3.24. The number of hydrogen-bond acceptors (Lipinski definition) is 6. The van der Waals surface area contributed by atoms with Crippen LogP contribution in [0.15, 0.2) is 21.8 Å². The van der Waals surface area contributed by atoms with Crippen molar-refractivity contribution in [3.63, 3.8) is 0 Å². The number of aromatic nitrogens is 1. The SMILES string of the molecule is CCNC(=NCC1CCN(C(=O)OC(C)(C)C)CC1)N1CCN(Cc2ccon2)CC1. The summed E-state index contributed by atoms with van der Waals surface area (Å²) in [6.45, 7) is 15.6. The zero-order valence-corrected chi connectivity index (χ0v) is 19.5. The second-order valence-electron chi connectivity index (χ2n) is 9.36. The molecule has 1 aromatic heterocycles. The Morgan fingerprint density at radius 1 is 1.19 bits per heavy atom. The van der Waals surface area contributed by atoms with Gasteiger partial charge in [0.2, 0.25) is 0 Å². The minimum Gasteiger partial charge on any atom is -0.444 e. The van der Waals surface area contributed by atoms with Crippen LogP contribution in [0.3, 0.4) is 0 Å². The van der Waals surface area contributed by atoms with Crippen LogP contribution in [0.4, 0.5) is 4.79 Å². The predicted molar refractivity (Wildman–Crippen MR) is 120 cm³/mol. The van der Waals surface area contributed by atoms with Crippen molar-refractivity contribution in [3.8, 4) is 0 Å². The summed E-state index contributed by atoms with van der Waals surface area (Å²) >= 11 is 0. The summed E-state index contributed by atoms with van der Waals surface area (Å²) < 4.78 is 10.4. The molecule has 0 unspecified atom stereocenters. The molecule has 2 aliphatic rings. The molecular formula is C22H38N6O3. The molecule has 0 radical (unpaired) electrons. The third kappa shape index (κ3) is 7.41. The lowest BCUT2D eigenvalue weighted by Crippen LogP contribution is -2.52. The Morgan fingerprint density at radius 2 is 1.90 bits per heavy atom. The van der Waals surface area contributed by atoms with Crippen LogP contribution in [0.1, 0.15) is 46.2 Å². The number of hydrogen-bond donors (Lipinski definition) is 1. The number of amides is 1. The van der Waals surface area contributed by atoms with Crippen molar-refractivity contribution < 1.29 is 14.1 Å². The molecule has 3 rings (SSSR count). The number of rotatable bonds is 5. The Labute approximate surface area is 185 Å². The molecule has 2 aliphatic heterocycles. The molecule has 0 aromatic carbocycles. The lowest BCUT2D eigenvalue weighted by molar-refractivity contribution is 0.0187. The van der Waals surface area contributed by atoms with Gasteiger partial charge in [0.1, 0.15) is 11.9 Å². The van der Waals surface area contributed by atoms with Gasteiger partial charge in [0.15, 0.2) is 5.96 Å². The monoisotopic (exact) mass is 434 g/mol. The van der Waals surface area contributed by atoms with Crippen LogP contribution in [0, 0.1) is 5.92 Å². The van der Waals surface area contributed by atoms with Gasteiger partial charge in [-0.1, -0.05) is 5.16 Å². The van der Waals surface area contributed by atoms with E-state index in [9.17, 15) is 4.79 Å². The van der Waals surface area contributed by atoms with Gasteiger partial charge in [0, 0.05) is 65.0 Å². The second-order valence-corrected chi connectivity index (χ2v) is 9.36. The highest BCUT2D eigenvalue weighted by atomic mass is 16.6. The first-order valence-electron chi connectivity index (χ1n) is 11.5. The van der Waals surface area contributed by atoms with E-state index in [-0.39, 0.29) is 6.09 Å². The summed E-state index contributed by atoms with van der Waals surface area (Å²) in [5.41, 5.74) is 0.532. The number of nitrogens with zero attached hydrogens (tertiary/aromatic N) is 5. The third-order valence-corrected chi connectivity index (χ3v) is 5.65. The van der Waals surface area contributed by atoms with Crippen molar-refractivity contribution in [1.82, 2.24) is 25.2 Å². The van der Waals surface area contributed by atoms with Crippen molar-refractivity contribution >= 4 is 12.1 Å². The lowest BCUT2D eigenvalue weighted by Gasteiger charge is -2.36. The highest BCUT2D eigenvalue weighted by molar-refractivity contribution is 5.80. The number of likely N-dealkylation sites (tertiary alicyclic amines) is 1. The molecule has 1 aromatic rings. The molecule has 0 bridgehead atoms. The van der Waals surface area contributed by atoms with E-state index in [0.717, 1.165) is 83.4 Å². The topological polar surface area (TPSA) is 86.4 Å². The van der Waals surface area contributed by atoms with E-state index in [1.807, 2.05) is 31.7 Å². The summed E-state index contributed by atoms with van der Waals surface area (Å²) in [5, 5.41) is 7.46. The first kappa shape index (κ1) is 23.4.